The van der Waals surface area contributed by atoms with Crippen LogP contribution in [0.5, 0.6) is 0 Å². The summed E-state index contributed by atoms with van der Waals surface area (Å²) in [4.78, 5) is 5.46. The summed E-state index contributed by atoms with van der Waals surface area (Å²) < 4.78 is 0. The molecule has 0 fully saturated rings. The smallest absolute Gasteiger partial charge is 0.0225 e. The molecule has 1 aromatic heterocycles. The maximum atomic E-state index is 5.94. The van der Waals surface area contributed by atoms with Crippen LogP contribution < -0.4 is 5.73 Å². The quantitative estimate of drug-likeness (QED) is 0.742. The number of nitrogens with zero attached hydrogens (tertiary/aromatic N) is 1. The van der Waals surface area contributed by atoms with Gasteiger partial charge in [-0.05, 0) is 33.0 Å². The average molecular weight is 195 g/mol. The molecule has 0 spiro atoms. The fraction of sp³-hybridized carbons (Fsp3) is 0.636. The molecule has 0 bridgehead atoms. The number of nitrogens with one attached hydrogen (secondary N) is 1. The Morgan fingerprint density at radius 1 is 1.50 bits per heavy atom. The highest BCUT2D eigenvalue weighted by Gasteiger charge is 2.13. The Morgan fingerprint density at radius 2 is 2.21 bits per heavy atom. The number of likely N-dealkylation sites (N-methyl/N-ethyl adjacent to an activating group) is 1. The van der Waals surface area contributed by atoms with Crippen molar-refractivity contribution in [1.82, 2.24) is 9.88 Å². The third-order valence-corrected chi connectivity index (χ3v) is 2.10. The van der Waals surface area contributed by atoms with Gasteiger partial charge in [0.25, 0.3) is 0 Å². The van der Waals surface area contributed by atoms with Gasteiger partial charge in [-0.1, -0.05) is 0 Å². The van der Waals surface area contributed by atoms with Crippen LogP contribution in [-0.2, 0) is 6.42 Å². The third kappa shape index (κ3) is 4.44. The van der Waals surface area contributed by atoms with Gasteiger partial charge in [0.1, 0.15) is 0 Å². The lowest BCUT2D eigenvalue weighted by atomic mass is 10.1. The predicted octanol–water partition coefficient (Wildman–Crippen LogP) is 1.23. The molecular weight excluding hydrogens is 174 g/mol. The second-order valence-corrected chi connectivity index (χ2v) is 4.67. The Morgan fingerprint density at radius 3 is 2.71 bits per heavy atom. The van der Waals surface area contributed by atoms with Crippen molar-refractivity contribution in [2.45, 2.75) is 25.8 Å². The summed E-state index contributed by atoms with van der Waals surface area (Å²) in [5.74, 6) is 0. The molecule has 0 saturated carbocycles. The molecule has 80 valence electrons. The molecule has 0 saturated heterocycles. The molecule has 0 aliphatic heterocycles. The summed E-state index contributed by atoms with van der Waals surface area (Å²) in [6, 6.07) is 4.14. The standard InChI is InChI=1S/C11H21N3/c1-11(2,12)9-14(3)8-6-10-5-4-7-13-10/h4-5,7,13H,6,8-9,12H2,1-3H3. The Kier molecular flexibility index (Phi) is 3.72. The van der Waals surface area contributed by atoms with Crippen molar-refractivity contribution >= 4 is 0 Å². The topological polar surface area (TPSA) is 45.0 Å². The molecule has 3 heteroatoms. The number of hydrogen-bond acceptors (Lipinski definition) is 2. The molecule has 0 amide bonds. The molecule has 0 aliphatic carbocycles. The van der Waals surface area contributed by atoms with Gasteiger partial charge >= 0.3 is 0 Å². The van der Waals surface area contributed by atoms with E-state index in [1.807, 2.05) is 12.3 Å². The van der Waals surface area contributed by atoms with Crippen molar-refractivity contribution in [1.29, 1.82) is 0 Å². The Labute approximate surface area is 86.3 Å². The van der Waals surface area contributed by atoms with Crippen LogP contribution in [0.2, 0.25) is 0 Å². The molecule has 0 unspecified atom stereocenters. The van der Waals surface area contributed by atoms with Crippen molar-refractivity contribution in [3.63, 3.8) is 0 Å². The second-order valence-electron chi connectivity index (χ2n) is 4.67. The third-order valence-electron chi connectivity index (χ3n) is 2.10. The number of aromatic amines is 1. The molecule has 1 heterocycles. The zero-order chi connectivity index (χ0) is 10.6. The molecule has 0 atom stereocenters. The summed E-state index contributed by atoms with van der Waals surface area (Å²) in [6.45, 7) is 6.07. The monoisotopic (exact) mass is 195 g/mol. The highest BCUT2D eigenvalue weighted by molar-refractivity contribution is 5.03. The fourth-order valence-corrected chi connectivity index (χ4v) is 1.61. The highest BCUT2D eigenvalue weighted by Crippen LogP contribution is 2.02. The minimum absolute atomic E-state index is 0.107. The Balaban J connectivity index is 2.25. The minimum atomic E-state index is -0.107. The van der Waals surface area contributed by atoms with Crippen molar-refractivity contribution in [2.75, 3.05) is 20.1 Å². The molecule has 0 radical (unpaired) electrons. The number of H-pyrrole nitrogens is 1. The average Bonchev–Trinajstić information content (AvgIpc) is 2.49. The van der Waals surface area contributed by atoms with Crippen LogP contribution in [0.25, 0.3) is 0 Å². The summed E-state index contributed by atoms with van der Waals surface area (Å²) in [5, 5.41) is 0. The van der Waals surface area contributed by atoms with Crippen molar-refractivity contribution in [3.8, 4) is 0 Å². The zero-order valence-electron chi connectivity index (χ0n) is 9.38. The van der Waals surface area contributed by atoms with E-state index in [4.69, 9.17) is 5.73 Å². The van der Waals surface area contributed by atoms with Crippen molar-refractivity contribution in [2.24, 2.45) is 5.73 Å². The van der Waals surface area contributed by atoms with Gasteiger partial charge in [-0.2, -0.15) is 0 Å². The van der Waals surface area contributed by atoms with Gasteiger partial charge in [0.05, 0.1) is 0 Å². The van der Waals surface area contributed by atoms with Gasteiger partial charge < -0.3 is 15.6 Å². The van der Waals surface area contributed by atoms with Crippen LogP contribution >= 0.6 is 0 Å². The highest BCUT2D eigenvalue weighted by atomic mass is 15.1. The van der Waals surface area contributed by atoms with E-state index >= 15 is 0 Å². The summed E-state index contributed by atoms with van der Waals surface area (Å²) in [5.41, 5.74) is 7.11. The van der Waals surface area contributed by atoms with E-state index in [1.54, 1.807) is 0 Å². The molecule has 0 aliphatic rings. The van der Waals surface area contributed by atoms with E-state index in [1.165, 1.54) is 5.69 Å². The molecule has 1 aromatic rings. The number of aromatic nitrogens is 1. The van der Waals surface area contributed by atoms with Crippen LogP contribution in [0.1, 0.15) is 19.5 Å². The summed E-state index contributed by atoms with van der Waals surface area (Å²) in [7, 11) is 2.11. The van der Waals surface area contributed by atoms with E-state index in [-0.39, 0.29) is 5.54 Å². The first kappa shape index (κ1) is 11.3. The molecule has 3 nitrogen and oxygen atoms in total. The van der Waals surface area contributed by atoms with Gasteiger partial charge in [0, 0.05) is 36.9 Å². The van der Waals surface area contributed by atoms with Gasteiger partial charge in [-0.15, -0.1) is 0 Å². The van der Waals surface area contributed by atoms with Crippen LogP contribution in [0.3, 0.4) is 0 Å². The lowest BCUT2D eigenvalue weighted by Gasteiger charge is -2.26. The fourth-order valence-electron chi connectivity index (χ4n) is 1.61. The van der Waals surface area contributed by atoms with Crippen LogP contribution in [-0.4, -0.2) is 35.6 Å². The van der Waals surface area contributed by atoms with E-state index in [9.17, 15) is 0 Å². The Bertz CT molecular complexity index is 246. The second kappa shape index (κ2) is 4.62. The minimum Gasteiger partial charge on any atom is -0.365 e. The summed E-state index contributed by atoms with van der Waals surface area (Å²) in [6.07, 6.45) is 3.02. The molecule has 0 aromatic carbocycles. The van der Waals surface area contributed by atoms with Crippen molar-refractivity contribution < 1.29 is 0 Å². The van der Waals surface area contributed by atoms with Gasteiger partial charge in [0.15, 0.2) is 0 Å². The molecule has 1 rings (SSSR count). The molecule has 14 heavy (non-hydrogen) atoms. The molecular formula is C11H21N3. The number of nitrogens with two attached hydrogens (primary N) is 1. The normalized spacial score (nSPS) is 12.4. The zero-order valence-corrected chi connectivity index (χ0v) is 9.38. The number of hydrogen-bond donors (Lipinski definition) is 2. The largest absolute Gasteiger partial charge is 0.365 e. The van der Waals surface area contributed by atoms with Crippen LogP contribution in [0.4, 0.5) is 0 Å². The lowest BCUT2D eigenvalue weighted by Crippen LogP contribution is -2.44. The first-order chi connectivity index (χ1) is 6.47. The maximum absolute atomic E-state index is 5.94. The SMILES string of the molecule is CN(CCc1ccc[nH]1)CC(C)(C)N. The van der Waals surface area contributed by atoms with Gasteiger partial charge in [0.2, 0.25) is 0 Å². The Hall–Kier alpha value is -0.800. The van der Waals surface area contributed by atoms with E-state index in [2.05, 4.69) is 36.8 Å². The van der Waals surface area contributed by atoms with E-state index < -0.39 is 0 Å². The van der Waals surface area contributed by atoms with Crippen molar-refractivity contribution in [3.05, 3.63) is 24.0 Å². The van der Waals surface area contributed by atoms with Gasteiger partial charge in [-0.3, -0.25) is 0 Å². The predicted molar refractivity (Wildman–Crippen MR) is 60.3 cm³/mol. The van der Waals surface area contributed by atoms with Crippen LogP contribution in [0.15, 0.2) is 18.3 Å². The van der Waals surface area contributed by atoms with Gasteiger partial charge in [-0.25, -0.2) is 0 Å². The maximum Gasteiger partial charge on any atom is 0.0225 e. The number of rotatable bonds is 5. The van der Waals surface area contributed by atoms with E-state index in [0.29, 0.717) is 0 Å². The van der Waals surface area contributed by atoms with E-state index in [0.717, 1.165) is 19.5 Å². The van der Waals surface area contributed by atoms with Crippen LogP contribution in [0, 0.1) is 0 Å². The lowest BCUT2D eigenvalue weighted by molar-refractivity contribution is 0.272. The first-order valence-electron chi connectivity index (χ1n) is 5.07. The first-order valence-corrected chi connectivity index (χ1v) is 5.07. The summed E-state index contributed by atoms with van der Waals surface area (Å²) >= 11 is 0. The molecule has 3 N–H and O–H groups in total.